The molecule has 1 heterocycles. The van der Waals surface area contributed by atoms with Crippen molar-refractivity contribution in [2.24, 2.45) is 0 Å². The normalized spacial score (nSPS) is 9.31. The van der Waals surface area contributed by atoms with Gasteiger partial charge in [-0.3, -0.25) is 4.79 Å². The molecule has 6 heteroatoms. The number of aromatic nitrogens is 2. The number of carboxylic acids is 1. The Balaban J connectivity index is 2.91. The van der Waals surface area contributed by atoms with Crippen LogP contribution in [0.1, 0.15) is 17.4 Å². The fourth-order valence-corrected chi connectivity index (χ4v) is 0.743. The summed E-state index contributed by atoms with van der Waals surface area (Å²) in [5, 5.41) is 17.7. The van der Waals surface area contributed by atoms with Gasteiger partial charge in [0.25, 0.3) is 0 Å². The molecule has 0 saturated carbocycles. The van der Waals surface area contributed by atoms with E-state index in [-0.39, 0.29) is 11.6 Å². The summed E-state index contributed by atoms with van der Waals surface area (Å²) in [6, 6.07) is 1.23. The minimum atomic E-state index is -1.18. The van der Waals surface area contributed by atoms with Crippen LogP contribution in [0.4, 0.5) is 5.69 Å². The molecule has 6 nitrogen and oxygen atoms in total. The first-order chi connectivity index (χ1) is 6.09. The number of amides is 1. The molecule has 1 rings (SSSR count). The Hall–Kier alpha value is -1.98. The number of nitrogens with zero attached hydrogens (tertiary/aromatic N) is 2. The van der Waals surface area contributed by atoms with E-state index in [1.54, 1.807) is 0 Å². The lowest BCUT2D eigenvalue weighted by Crippen LogP contribution is -2.09. The van der Waals surface area contributed by atoms with E-state index in [1.165, 1.54) is 19.2 Å². The molecule has 1 aromatic heterocycles. The van der Waals surface area contributed by atoms with Crippen molar-refractivity contribution < 1.29 is 14.7 Å². The smallest absolute Gasteiger partial charge is 0.356 e. The summed E-state index contributed by atoms with van der Waals surface area (Å²) in [7, 11) is 0. The van der Waals surface area contributed by atoms with Crippen LogP contribution in [0.5, 0.6) is 0 Å². The number of carbonyl (C=O) groups excluding carboxylic acids is 1. The van der Waals surface area contributed by atoms with Gasteiger partial charge in [-0.05, 0) is 6.07 Å². The van der Waals surface area contributed by atoms with E-state index >= 15 is 0 Å². The number of rotatable bonds is 2. The van der Waals surface area contributed by atoms with Gasteiger partial charge in [0, 0.05) is 6.92 Å². The molecular weight excluding hydrogens is 174 g/mol. The Morgan fingerprint density at radius 2 is 2.23 bits per heavy atom. The van der Waals surface area contributed by atoms with Gasteiger partial charge in [0.2, 0.25) is 5.91 Å². The molecule has 13 heavy (non-hydrogen) atoms. The molecule has 0 saturated heterocycles. The van der Waals surface area contributed by atoms with Crippen LogP contribution in [0.2, 0.25) is 0 Å². The molecule has 0 atom stereocenters. The molecule has 0 unspecified atom stereocenters. The van der Waals surface area contributed by atoms with Gasteiger partial charge in [-0.25, -0.2) is 4.79 Å². The first-order valence-electron chi connectivity index (χ1n) is 3.43. The monoisotopic (exact) mass is 181 g/mol. The first kappa shape index (κ1) is 9.11. The average Bonchev–Trinajstić information content (AvgIpc) is 2.03. The highest BCUT2D eigenvalue weighted by Gasteiger charge is 2.06. The Labute approximate surface area is 73.6 Å². The summed E-state index contributed by atoms with van der Waals surface area (Å²) in [6.07, 6.45) is 1.27. The highest BCUT2D eigenvalue weighted by atomic mass is 16.4. The van der Waals surface area contributed by atoms with E-state index in [0.717, 1.165) is 0 Å². The van der Waals surface area contributed by atoms with Crippen LogP contribution in [-0.4, -0.2) is 27.2 Å². The minimum absolute atomic E-state index is 0.203. The molecule has 0 spiro atoms. The standard InChI is InChI=1S/C7H7N3O3/c1-4(11)9-5-2-6(7(12)13)10-8-3-5/h2-3H,1H3,(H,12,13)(H,9,10,11). The summed E-state index contributed by atoms with van der Waals surface area (Å²) in [4.78, 5) is 21.0. The van der Waals surface area contributed by atoms with Crippen molar-refractivity contribution in [2.45, 2.75) is 6.92 Å². The summed E-state index contributed by atoms with van der Waals surface area (Å²) in [6.45, 7) is 1.32. The van der Waals surface area contributed by atoms with Crippen molar-refractivity contribution >= 4 is 17.6 Å². The third kappa shape index (κ3) is 2.51. The Kier molecular flexibility index (Phi) is 2.53. The predicted octanol–water partition coefficient (Wildman–Crippen LogP) is 0.133. The van der Waals surface area contributed by atoms with E-state index < -0.39 is 5.97 Å². The van der Waals surface area contributed by atoms with E-state index in [4.69, 9.17) is 5.11 Å². The number of carboxylic acid groups (broad SMARTS) is 1. The van der Waals surface area contributed by atoms with Gasteiger partial charge in [0.05, 0.1) is 11.9 Å². The maximum absolute atomic E-state index is 10.6. The molecule has 0 aliphatic carbocycles. The number of aromatic carboxylic acids is 1. The minimum Gasteiger partial charge on any atom is -0.476 e. The van der Waals surface area contributed by atoms with Crippen molar-refractivity contribution in [2.75, 3.05) is 5.32 Å². The first-order valence-corrected chi connectivity index (χ1v) is 3.43. The zero-order valence-corrected chi connectivity index (χ0v) is 6.81. The number of nitrogens with one attached hydrogen (secondary N) is 1. The number of hydrogen-bond acceptors (Lipinski definition) is 4. The molecule has 1 aromatic rings. The second kappa shape index (κ2) is 3.61. The van der Waals surface area contributed by atoms with Crippen LogP contribution in [0, 0.1) is 0 Å². The molecule has 0 aliphatic heterocycles. The molecular formula is C7H7N3O3. The van der Waals surface area contributed by atoms with Gasteiger partial charge in [0.15, 0.2) is 5.69 Å². The molecule has 0 radical (unpaired) electrons. The van der Waals surface area contributed by atoms with Crippen molar-refractivity contribution in [3.05, 3.63) is 18.0 Å². The van der Waals surface area contributed by atoms with Crippen LogP contribution >= 0.6 is 0 Å². The zero-order valence-electron chi connectivity index (χ0n) is 6.81. The Morgan fingerprint density at radius 3 is 2.77 bits per heavy atom. The largest absolute Gasteiger partial charge is 0.476 e. The molecule has 0 aliphatic rings. The number of carbonyl (C=O) groups is 2. The molecule has 0 fully saturated rings. The zero-order chi connectivity index (χ0) is 9.84. The highest BCUT2D eigenvalue weighted by molar-refractivity contribution is 5.91. The Bertz CT molecular complexity index is 351. The van der Waals surface area contributed by atoms with Gasteiger partial charge in [0.1, 0.15) is 0 Å². The fraction of sp³-hybridized carbons (Fsp3) is 0.143. The lowest BCUT2D eigenvalue weighted by molar-refractivity contribution is -0.114. The summed E-state index contributed by atoms with van der Waals surface area (Å²) in [5.41, 5.74) is 0.117. The van der Waals surface area contributed by atoms with E-state index in [1.807, 2.05) is 0 Å². The SMILES string of the molecule is CC(=O)Nc1cnnc(C(=O)O)c1. The summed E-state index contributed by atoms with van der Waals surface area (Å²) < 4.78 is 0. The molecule has 1 amide bonds. The molecule has 0 bridgehead atoms. The van der Waals surface area contributed by atoms with E-state index in [2.05, 4.69) is 15.5 Å². The lowest BCUT2D eigenvalue weighted by atomic mass is 10.3. The summed E-state index contributed by atoms with van der Waals surface area (Å²) >= 11 is 0. The van der Waals surface area contributed by atoms with Gasteiger partial charge < -0.3 is 10.4 Å². The third-order valence-electron chi connectivity index (χ3n) is 1.19. The van der Waals surface area contributed by atoms with Crippen LogP contribution in [0.3, 0.4) is 0 Å². The molecule has 68 valence electrons. The van der Waals surface area contributed by atoms with Crippen molar-refractivity contribution in [3.8, 4) is 0 Å². The maximum atomic E-state index is 10.6. The van der Waals surface area contributed by atoms with Crippen molar-refractivity contribution in [1.29, 1.82) is 0 Å². The van der Waals surface area contributed by atoms with Gasteiger partial charge in [-0.1, -0.05) is 0 Å². The predicted molar refractivity (Wildman–Crippen MR) is 43.3 cm³/mol. The highest BCUT2D eigenvalue weighted by Crippen LogP contribution is 2.05. The third-order valence-corrected chi connectivity index (χ3v) is 1.19. The molecule has 2 N–H and O–H groups in total. The number of hydrogen-bond donors (Lipinski definition) is 2. The van der Waals surface area contributed by atoms with Crippen molar-refractivity contribution in [3.63, 3.8) is 0 Å². The van der Waals surface area contributed by atoms with E-state index in [0.29, 0.717) is 5.69 Å². The van der Waals surface area contributed by atoms with Crippen LogP contribution < -0.4 is 5.32 Å². The second-order valence-corrected chi connectivity index (χ2v) is 2.32. The van der Waals surface area contributed by atoms with E-state index in [9.17, 15) is 9.59 Å². The van der Waals surface area contributed by atoms with Gasteiger partial charge in [-0.15, -0.1) is 5.10 Å². The van der Waals surface area contributed by atoms with Crippen LogP contribution in [0.15, 0.2) is 12.3 Å². The average molecular weight is 181 g/mol. The van der Waals surface area contributed by atoms with Crippen LogP contribution in [-0.2, 0) is 4.79 Å². The second-order valence-electron chi connectivity index (χ2n) is 2.32. The fourth-order valence-electron chi connectivity index (χ4n) is 0.743. The maximum Gasteiger partial charge on any atom is 0.356 e. The Morgan fingerprint density at radius 1 is 1.54 bits per heavy atom. The molecule has 0 aromatic carbocycles. The topological polar surface area (TPSA) is 92.2 Å². The quantitative estimate of drug-likeness (QED) is 0.676. The van der Waals surface area contributed by atoms with Crippen molar-refractivity contribution in [1.82, 2.24) is 10.2 Å². The number of anilines is 1. The lowest BCUT2D eigenvalue weighted by Gasteiger charge is -2.00. The van der Waals surface area contributed by atoms with Gasteiger partial charge >= 0.3 is 5.97 Å². The van der Waals surface area contributed by atoms with Crippen LogP contribution in [0.25, 0.3) is 0 Å². The summed E-state index contributed by atoms with van der Waals surface area (Å²) in [5.74, 6) is -1.47. The van der Waals surface area contributed by atoms with Gasteiger partial charge in [-0.2, -0.15) is 5.10 Å².